The van der Waals surface area contributed by atoms with Crippen molar-refractivity contribution in [3.63, 3.8) is 0 Å². The minimum atomic E-state index is -0.382. The summed E-state index contributed by atoms with van der Waals surface area (Å²) in [6, 6.07) is 11.3. The third-order valence-electron chi connectivity index (χ3n) is 3.07. The number of nitrogens with one attached hydrogen (secondary N) is 1. The molecule has 0 spiro atoms. The Kier molecular flexibility index (Phi) is 3.81. The van der Waals surface area contributed by atoms with Crippen LogP contribution in [0.2, 0.25) is 0 Å². The van der Waals surface area contributed by atoms with Crippen LogP contribution in [0.15, 0.2) is 36.4 Å². The van der Waals surface area contributed by atoms with Gasteiger partial charge in [-0.3, -0.25) is 4.79 Å². The third-order valence-corrected chi connectivity index (χ3v) is 3.07. The highest BCUT2D eigenvalue weighted by molar-refractivity contribution is 6.05. The van der Waals surface area contributed by atoms with Gasteiger partial charge in [0.1, 0.15) is 11.9 Å². The van der Waals surface area contributed by atoms with E-state index in [1.54, 1.807) is 32.0 Å². The fourth-order valence-electron chi connectivity index (χ4n) is 1.99. The molecule has 1 amide bonds. The van der Waals surface area contributed by atoms with E-state index < -0.39 is 0 Å². The molecule has 0 aliphatic heterocycles. The fourth-order valence-corrected chi connectivity index (χ4v) is 1.99. The number of hydrogen-bond donors (Lipinski definition) is 1. The Morgan fingerprint density at radius 3 is 2.60 bits per heavy atom. The number of nitriles is 1. The lowest BCUT2D eigenvalue weighted by Gasteiger charge is -2.10. The first-order valence-corrected chi connectivity index (χ1v) is 6.10. The molecule has 100 valence electrons. The minimum absolute atomic E-state index is 0.357. The Morgan fingerprint density at radius 2 is 1.95 bits per heavy atom. The van der Waals surface area contributed by atoms with Gasteiger partial charge in [0.05, 0.1) is 11.3 Å². The van der Waals surface area contributed by atoms with E-state index in [4.69, 9.17) is 5.26 Å². The summed E-state index contributed by atoms with van der Waals surface area (Å²) in [4.78, 5) is 12.2. The van der Waals surface area contributed by atoms with E-state index in [-0.39, 0.29) is 11.7 Å². The number of carbonyl (C=O) groups excluding carboxylic acids is 1. The van der Waals surface area contributed by atoms with Crippen molar-refractivity contribution in [2.75, 3.05) is 5.32 Å². The zero-order chi connectivity index (χ0) is 14.7. The largest absolute Gasteiger partial charge is 0.321 e. The lowest BCUT2D eigenvalue weighted by molar-refractivity contribution is 0.102. The number of benzene rings is 2. The maximum Gasteiger partial charge on any atom is 0.255 e. The quantitative estimate of drug-likeness (QED) is 0.905. The molecule has 3 nitrogen and oxygen atoms in total. The van der Waals surface area contributed by atoms with Crippen LogP contribution in [0.5, 0.6) is 0 Å². The van der Waals surface area contributed by atoms with Crippen molar-refractivity contribution < 1.29 is 9.18 Å². The van der Waals surface area contributed by atoms with Crippen LogP contribution in [-0.4, -0.2) is 5.91 Å². The van der Waals surface area contributed by atoms with Crippen molar-refractivity contribution in [2.45, 2.75) is 13.8 Å². The summed E-state index contributed by atoms with van der Waals surface area (Å²) in [5.74, 6) is -0.739. The Balaban J connectivity index is 2.33. The maximum absolute atomic E-state index is 13.0. The van der Waals surface area contributed by atoms with Crippen molar-refractivity contribution in [3.8, 4) is 6.07 Å². The number of halogens is 1. The molecular formula is C16H13FN2O. The second kappa shape index (κ2) is 5.54. The monoisotopic (exact) mass is 268 g/mol. The Bertz CT molecular complexity index is 717. The summed E-state index contributed by atoms with van der Waals surface area (Å²) >= 11 is 0. The molecule has 0 fully saturated rings. The van der Waals surface area contributed by atoms with Crippen LogP contribution in [0.25, 0.3) is 0 Å². The first-order valence-electron chi connectivity index (χ1n) is 6.10. The SMILES string of the molecule is Cc1cc(F)ccc1C(=O)Nc1cccc(C)c1C#N. The number of rotatable bonds is 2. The smallest absolute Gasteiger partial charge is 0.255 e. The summed E-state index contributed by atoms with van der Waals surface area (Å²) in [5, 5.41) is 11.8. The summed E-state index contributed by atoms with van der Waals surface area (Å²) in [7, 11) is 0. The number of amides is 1. The average Bonchev–Trinajstić information content (AvgIpc) is 2.38. The molecule has 0 aliphatic rings. The highest BCUT2D eigenvalue weighted by Crippen LogP contribution is 2.20. The number of nitrogens with zero attached hydrogens (tertiary/aromatic N) is 1. The van der Waals surface area contributed by atoms with Crippen LogP contribution >= 0.6 is 0 Å². The lowest BCUT2D eigenvalue weighted by atomic mass is 10.1. The summed E-state index contributed by atoms with van der Waals surface area (Å²) in [5.41, 5.74) is 2.62. The van der Waals surface area contributed by atoms with Gasteiger partial charge in [0.25, 0.3) is 5.91 Å². The molecule has 2 rings (SSSR count). The predicted octanol–water partition coefficient (Wildman–Crippen LogP) is 3.57. The van der Waals surface area contributed by atoms with Crippen LogP contribution < -0.4 is 5.32 Å². The molecule has 0 heterocycles. The second-order valence-electron chi connectivity index (χ2n) is 4.52. The zero-order valence-corrected chi connectivity index (χ0v) is 11.2. The van der Waals surface area contributed by atoms with Gasteiger partial charge in [-0.1, -0.05) is 12.1 Å². The van der Waals surface area contributed by atoms with Gasteiger partial charge < -0.3 is 5.32 Å². The molecule has 2 aromatic carbocycles. The Hall–Kier alpha value is -2.67. The molecule has 0 saturated carbocycles. The fraction of sp³-hybridized carbons (Fsp3) is 0.125. The van der Waals surface area contributed by atoms with Gasteiger partial charge in [0.2, 0.25) is 0 Å². The zero-order valence-electron chi connectivity index (χ0n) is 11.2. The molecule has 0 saturated heterocycles. The van der Waals surface area contributed by atoms with Crippen LogP contribution in [-0.2, 0) is 0 Å². The molecule has 0 atom stereocenters. The van der Waals surface area contributed by atoms with Gasteiger partial charge in [-0.25, -0.2) is 4.39 Å². The van der Waals surface area contributed by atoms with Crippen molar-refractivity contribution >= 4 is 11.6 Å². The number of anilines is 1. The average molecular weight is 268 g/mol. The lowest BCUT2D eigenvalue weighted by Crippen LogP contribution is -2.14. The molecule has 1 N–H and O–H groups in total. The van der Waals surface area contributed by atoms with E-state index in [1.807, 2.05) is 0 Å². The molecule has 0 aromatic heterocycles. The van der Waals surface area contributed by atoms with Gasteiger partial charge in [0.15, 0.2) is 0 Å². The maximum atomic E-state index is 13.0. The molecule has 0 unspecified atom stereocenters. The van der Waals surface area contributed by atoms with Crippen LogP contribution in [0.3, 0.4) is 0 Å². The van der Waals surface area contributed by atoms with Gasteiger partial charge in [0, 0.05) is 5.56 Å². The topological polar surface area (TPSA) is 52.9 Å². The van der Waals surface area contributed by atoms with Gasteiger partial charge >= 0.3 is 0 Å². The minimum Gasteiger partial charge on any atom is -0.321 e. The van der Waals surface area contributed by atoms with Crippen molar-refractivity contribution in [2.24, 2.45) is 0 Å². The van der Waals surface area contributed by atoms with Crippen molar-refractivity contribution in [3.05, 3.63) is 64.5 Å². The molecule has 0 radical (unpaired) electrons. The molecular weight excluding hydrogens is 255 g/mol. The van der Waals surface area contributed by atoms with Crippen LogP contribution in [0.1, 0.15) is 27.0 Å². The Morgan fingerprint density at radius 1 is 1.20 bits per heavy atom. The molecule has 0 bridgehead atoms. The van der Waals surface area contributed by atoms with E-state index in [9.17, 15) is 9.18 Å². The van der Waals surface area contributed by atoms with Crippen molar-refractivity contribution in [1.29, 1.82) is 5.26 Å². The van der Waals surface area contributed by atoms with Gasteiger partial charge in [-0.15, -0.1) is 0 Å². The first-order chi connectivity index (χ1) is 9.52. The number of carbonyl (C=O) groups is 1. The molecule has 0 aliphatic carbocycles. The molecule has 4 heteroatoms. The highest BCUT2D eigenvalue weighted by atomic mass is 19.1. The number of hydrogen-bond acceptors (Lipinski definition) is 2. The van der Waals surface area contributed by atoms with E-state index in [2.05, 4.69) is 11.4 Å². The highest BCUT2D eigenvalue weighted by Gasteiger charge is 2.12. The number of aryl methyl sites for hydroxylation is 2. The van der Waals surface area contributed by atoms with E-state index in [1.165, 1.54) is 18.2 Å². The van der Waals surface area contributed by atoms with E-state index >= 15 is 0 Å². The summed E-state index contributed by atoms with van der Waals surface area (Å²) in [6.45, 7) is 3.47. The van der Waals surface area contributed by atoms with E-state index in [0.717, 1.165) is 5.56 Å². The molecule has 2 aromatic rings. The van der Waals surface area contributed by atoms with Crippen LogP contribution in [0.4, 0.5) is 10.1 Å². The first kappa shape index (κ1) is 13.8. The summed E-state index contributed by atoms with van der Waals surface area (Å²) < 4.78 is 13.0. The van der Waals surface area contributed by atoms with Gasteiger partial charge in [-0.05, 0) is 49.2 Å². The molecule has 20 heavy (non-hydrogen) atoms. The Labute approximate surface area is 116 Å². The second-order valence-corrected chi connectivity index (χ2v) is 4.52. The third kappa shape index (κ3) is 2.67. The normalized spacial score (nSPS) is 9.90. The predicted molar refractivity (Wildman–Crippen MR) is 75.0 cm³/mol. The van der Waals surface area contributed by atoms with E-state index in [0.29, 0.717) is 22.4 Å². The summed E-state index contributed by atoms with van der Waals surface area (Å²) in [6.07, 6.45) is 0. The van der Waals surface area contributed by atoms with Gasteiger partial charge in [-0.2, -0.15) is 5.26 Å². The standard InChI is InChI=1S/C16H13FN2O/c1-10-4-3-5-15(14(10)9-18)19-16(20)13-7-6-12(17)8-11(13)2/h3-8H,1-2H3,(H,19,20). The van der Waals surface area contributed by atoms with Crippen molar-refractivity contribution in [1.82, 2.24) is 0 Å². The van der Waals surface area contributed by atoms with Crippen LogP contribution in [0, 0.1) is 31.0 Å².